The Hall–Kier alpha value is -1.30. The zero-order valence-electron chi connectivity index (χ0n) is 16.5. The number of hydrogen-bond acceptors (Lipinski definition) is 3. The fourth-order valence-corrected chi connectivity index (χ4v) is 3.87. The maximum absolute atomic E-state index is 12.0. The summed E-state index contributed by atoms with van der Waals surface area (Å²) >= 11 is 0. The van der Waals surface area contributed by atoms with E-state index < -0.39 is 0 Å². The van der Waals surface area contributed by atoms with E-state index in [0.29, 0.717) is 31.7 Å². The second kappa shape index (κ2) is 13.0. The molecule has 2 aliphatic rings. The average Bonchev–Trinajstić information content (AvgIpc) is 2.93. The molecule has 1 amide bonds. The molecule has 26 heavy (non-hydrogen) atoms. The van der Waals surface area contributed by atoms with E-state index in [0.717, 1.165) is 25.3 Å². The fourth-order valence-electron chi connectivity index (χ4n) is 3.87. The van der Waals surface area contributed by atoms with Crippen molar-refractivity contribution in [3.63, 3.8) is 0 Å². The van der Waals surface area contributed by atoms with Crippen molar-refractivity contribution in [2.75, 3.05) is 26.7 Å². The Morgan fingerprint density at radius 2 is 1.54 bits per heavy atom. The SMILES string of the molecule is CN=C(NCCOC1CCCCCC1)NCCC(=O)NC1CCCCC1. The van der Waals surface area contributed by atoms with Gasteiger partial charge in [-0.25, -0.2) is 0 Å². The Bertz CT molecular complexity index is 414. The molecule has 0 aliphatic heterocycles. The normalized spacial score (nSPS) is 20.4. The molecule has 0 atom stereocenters. The van der Waals surface area contributed by atoms with Gasteiger partial charge < -0.3 is 20.7 Å². The monoisotopic (exact) mass is 366 g/mol. The standard InChI is InChI=1S/C20H38N4O2/c1-21-20(23-15-16-26-18-11-7-2-3-8-12-18)22-14-13-19(25)24-17-9-5-4-6-10-17/h17-18H,2-16H2,1H3,(H,24,25)(H2,21,22,23). The van der Waals surface area contributed by atoms with E-state index in [1.807, 2.05) is 0 Å². The lowest BCUT2D eigenvalue weighted by Gasteiger charge is -2.22. The third-order valence-electron chi connectivity index (χ3n) is 5.39. The van der Waals surface area contributed by atoms with Gasteiger partial charge in [-0.1, -0.05) is 44.9 Å². The van der Waals surface area contributed by atoms with E-state index in [9.17, 15) is 4.79 Å². The number of carbonyl (C=O) groups excluding carboxylic acids is 1. The third-order valence-corrected chi connectivity index (χ3v) is 5.39. The quantitative estimate of drug-likeness (QED) is 0.267. The first-order valence-corrected chi connectivity index (χ1v) is 10.6. The Morgan fingerprint density at radius 1 is 0.923 bits per heavy atom. The molecule has 0 bridgehead atoms. The molecule has 0 aromatic rings. The molecule has 2 fully saturated rings. The molecule has 2 rings (SSSR count). The van der Waals surface area contributed by atoms with Gasteiger partial charge in [0.1, 0.15) is 0 Å². The predicted octanol–water partition coefficient (Wildman–Crippen LogP) is 2.73. The minimum atomic E-state index is 0.136. The highest BCUT2D eigenvalue weighted by molar-refractivity contribution is 5.81. The molecule has 2 aliphatic carbocycles. The van der Waals surface area contributed by atoms with Crippen LogP contribution in [0.15, 0.2) is 4.99 Å². The number of nitrogens with one attached hydrogen (secondary N) is 3. The zero-order chi connectivity index (χ0) is 18.5. The van der Waals surface area contributed by atoms with Crippen LogP contribution >= 0.6 is 0 Å². The number of nitrogens with zero attached hydrogens (tertiary/aromatic N) is 1. The molecule has 0 aromatic heterocycles. The molecule has 6 nitrogen and oxygen atoms in total. The van der Waals surface area contributed by atoms with Crippen LogP contribution < -0.4 is 16.0 Å². The van der Waals surface area contributed by atoms with Crippen LogP contribution in [0.3, 0.4) is 0 Å². The molecule has 2 saturated carbocycles. The van der Waals surface area contributed by atoms with Gasteiger partial charge in [0.15, 0.2) is 5.96 Å². The molecule has 0 radical (unpaired) electrons. The number of rotatable bonds is 8. The van der Waals surface area contributed by atoms with Crippen molar-refractivity contribution in [2.24, 2.45) is 4.99 Å². The number of carbonyl (C=O) groups is 1. The van der Waals surface area contributed by atoms with Crippen LogP contribution in [0.25, 0.3) is 0 Å². The van der Waals surface area contributed by atoms with Crippen LogP contribution in [0, 0.1) is 0 Å². The lowest BCUT2D eigenvalue weighted by atomic mass is 9.95. The highest BCUT2D eigenvalue weighted by Crippen LogP contribution is 2.19. The summed E-state index contributed by atoms with van der Waals surface area (Å²) in [6.07, 6.45) is 14.6. The Balaban J connectivity index is 1.50. The number of hydrogen-bond donors (Lipinski definition) is 3. The molecule has 6 heteroatoms. The summed E-state index contributed by atoms with van der Waals surface area (Å²) in [6.45, 7) is 2.04. The average molecular weight is 367 g/mol. The first-order chi connectivity index (χ1) is 12.8. The van der Waals surface area contributed by atoms with Crippen molar-refractivity contribution in [3.05, 3.63) is 0 Å². The van der Waals surface area contributed by atoms with Gasteiger partial charge in [0.25, 0.3) is 0 Å². The van der Waals surface area contributed by atoms with Crippen molar-refractivity contribution in [2.45, 2.75) is 89.2 Å². The van der Waals surface area contributed by atoms with Gasteiger partial charge in [-0.3, -0.25) is 9.79 Å². The molecular weight excluding hydrogens is 328 g/mol. The summed E-state index contributed by atoms with van der Waals surface area (Å²) in [5.74, 6) is 0.872. The van der Waals surface area contributed by atoms with Crippen LogP contribution in [0.4, 0.5) is 0 Å². The van der Waals surface area contributed by atoms with Crippen LogP contribution in [-0.4, -0.2) is 50.8 Å². The summed E-state index contributed by atoms with van der Waals surface area (Å²) in [5.41, 5.74) is 0. The third kappa shape index (κ3) is 8.88. The number of amides is 1. The Kier molecular flexibility index (Phi) is 10.5. The minimum Gasteiger partial charge on any atom is -0.376 e. The summed E-state index contributed by atoms with van der Waals surface area (Å²) in [7, 11) is 1.75. The summed E-state index contributed by atoms with van der Waals surface area (Å²) in [4.78, 5) is 16.2. The van der Waals surface area contributed by atoms with E-state index in [1.54, 1.807) is 7.05 Å². The topological polar surface area (TPSA) is 74.8 Å². The van der Waals surface area contributed by atoms with Gasteiger partial charge in [0.05, 0.1) is 12.7 Å². The molecule has 0 saturated heterocycles. The van der Waals surface area contributed by atoms with E-state index >= 15 is 0 Å². The van der Waals surface area contributed by atoms with Crippen molar-refractivity contribution in [3.8, 4) is 0 Å². The molecule has 0 unspecified atom stereocenters. The number of aliphatic imine (C=N–C) groups is 1. The molecule has 3 N–H and O–H groups in total. The van der Waals surface area contributed by atoms with E-state index in [2.05, 4.69) is 20.9 Å². The number of guanidine groups is 1. The van der Waals surface area contributed by atoms with Crippen LogP contribution in [0.2, 0.25) is 0 Å². The minimum absolute atomic E-state index is 0.136. The lowest BCUT2D eigenvalue weighted by Crippen LogP contribution is -2.42. The molecule has 0 spiro atoms. The van der Waals surface area contributed by atoms with Crippen molar-refractivity contribution >= 4 is 11.9 Å². The second-order valence-corrected chi connectivity index (χ2v) is 7.56. The highest BCUT2D eigenvalue weighted by Gasteiger charge is 2.15. The van der Waals surface area contributed by atoms with Gasteiger partial charge in [0.2, 0.25) is 5.91 Å². The molecule has 0 aromatic carbocycles. The van der Waals surface area contributed by atoms with Gasteiger partial charge in [-0.15, -0.1) is 0 Å². The van der Waals surface area contributed by atoms with Crippen LogP contribution in [0.5, 0.6) is 0 Å². The number of ether oxygens (including phenoxy) is 1. The van der Waals surface area contributed by atoms with Crippen LogP contribution in [-0.2, 0) is 9.53 Å². The maximum Gasteiger partial charge on any atom is 0.221 e. The van der Waals surface area contributed by atoms with E-state index in [1.165, 1.54) is 57.8 Å². The van der Waals surface area contributed by atoms with Gasteiger partial charge in [-0.2, -0.15) is 0 Å². The first-order valence-electron chi connectivity index (χ1n) is 10.6. The van der Waals surface area contributed by atoms with Gasteiger partial charge in [0, 0.05) is 32.6 Å². The van der Waals surface area contributed by atoms with Gasteiger partial charge >= 0.3 is 0 Å². The van der Waals surface area contributed by atoms with Crippen molar-refractivity contribution < 1.29 is 9.53 Å². The van der Waals surface area contributed by atoms with E-state index in [4.69, 9.17) is 4.74 Å². The summed E-state index contributed by atoms with van der Waals surface area (Å²) in [6, 6.07) is 0.384. The predicted molar refractivity (Wildman–Crippen MR) is 106 cm³/mol. The second-order valence-electron chi connectivity index (χ2n) is 7.56. The Morgan fingerprint density at radius 3 is 2.23 bits per heavy atom. The highest BCUT2D eigenvalue weighted by atomic mass is 16.5. The van der Waals surface area contributed by atoms with Crippen molar-refractivity contribution in [1.82, 2.24) is 16.0 Å². The van der Waals surface area contributed by atoms with Crippen molar-refractivity contribution in [1.29, 1.82) is 0 Å². The maximum atomic E-state index is 12.0. The zero-order valence-corrected chi connectivity index (χ0v) is 16.5. The molecular formula is C20H38N4O2. The summed E-state index contributed by atoms with van der Waals surface area (Å²) < 4.78 is 5.98. The summed E-state index contributed by atoms with van der Waals surface area (Å²) in [5, 5.41) is 9.62. The largest absolute Gasteiger partial charge is 0.376 e. The van der Waals surface area contributed by atoms with Crippen LogP contribution in [0.1, 0.15) is 77.0 Å². The molecule has 150 valence electrons. The lowest BCUT2D eigenvalue weighted by molar-refractivity contribution is -0.121. The first kappa shape index (κ1) is 21.0. The molecule has 0 heterocycles. The Labute approximate surface area is 158 Å². The smallest absolute Gasteiger partial charge is 0.221 e. The van der Waals surface area contributed by atoms with E-state index in [-0.39, 0.29) is 5.91 Å². The fraction of sp³-hybridized carbons (Fsp3) is 0.900. The van der Waals surface area contributed by atoms with Gasteiger partial charge in [-0.05, 0) is 25.7 Å².